The van der Waals surface area contributed by atoms with Crippen molar-refractivity contribution in [2.24, 2.45) is 0 Å². The van der Waals surface area contributed by atoms with Crippen LogP contribution in [0.15, 0.2) is 24.5 Å². The van der Waals surface area contributed by atoms with Gasteiger partial charge in [-0.05, 0) is 38.7 Å². The molecule has 30 heavy (non-hydrogen) atoms. The van der Waals surface area contributed by atoms with E-state index in [0.717, 1.165) is 11.1 Å². The number of fused-ring (bicyclic) bond motifs is 1. The van der Waals surface area contributed by atoms with Gasteiger partial charge in [0.25, 0.3) is 0 Å². The Hall–Kier alpha value is -2.52. The van der Waals surface area contributed by atoms with Crippen molar-refractivity contribution in [3.8, 4) is 0 Å². The number of aromatic nitrogens is 4. The van der Waals surface area contributed by atoms with E-state index in [4.69, 9.17) is 0 Å². The number of carbonyl (C=O) groups excluding carboxylic acids is 1. The van der Waals surface area contributed by atoms with Crippen LogP contribution in [-0.2, 0) is 4.79 Å². The number of nitrogens with one attached hydrogen (secondary N) is 1. The van der Waals surface area contributed by atoms with Gasteiger partial charge >= 0.3 is 6.18 Å². The summed E-state index contributed by atoms with van der Waals surface area (Å²) < 4.78 is 43.7. The zero-order valence-corrected chi connectivity index (χ0v) is 17.1. The predicted octanol–water partition coefficient (Wildman–Crippen LogP) is 4.09. The summed E-state index contributed by atoms with van der Waals surface area (Å²) in [5.41, 5.74) is 0.529. The smallest absolute Gasteiger partial charge is 0.367 e. The molecule has 1 saturated heterocycles. The van der Waals surface area contributed by atoms with Crippen LogP contribution in [0.2, 0.25) is 0 Å². The highest BCUT2D eigenvalue weighted by molar-refractivity contribution is 5.77. The third-order valence-electron chi connectivity index (χ3n) is 6.14. The molecule has 0 bridgehead atoms. The molecule has 4 rings (SSSR count). The summed E-state index contributed by atoms with van der Waals surface area (Å²) in [5.74, 6) is 0.355. The second-order valence-corrected chi connectivity index (χ2v) is 8.23. The molecule has 4 atom stereocenters. The molecule has 0 saturated carbocycles. The summed E-state index contributed by atoms with van der Waals surface area (Å²) in [5, 5.41) is 11.7. The Balaban J connectivity index is 1.55. The third kappa shape index (κ3) is 3.91. The predicted molar refractivity (Wildman–Crippen MR) is 105 cm³/mol. The number of hydrogen-bond acceptors (Lipinski definition) is 4. The summed E-state index contributed by atoms with van der Waals surface area (Å²) in [6, 6.07) is 1.22. The van der Waals surface area contributed by atoms with E-state index in [-0.39, 0.29) is 36.9 Å². The standard InChI is InChI=1S/C20H27F3N6O/c1-3-14-11-17(20(21,22)23)29-18(25-14)12-15(26-29)16-6-4-8-27(16)19(30)10-13(2)28-9-5-7-24-28/h5,7,9,12-14,16-17,25H,3-4,6,8,10-11H2,1-2H3/t13?,14-,16?,17-/m1/s1. The summed E-state index contributed by atoms with van der Waals surface area (Å²) in [7, 11) is 0. The van der Waals surface area contributed by atoms with E-state index in [1.807, 2.05) is 26.1 Å². The van der Waals surface area contributed by atoms with Crippen LogP contribution < -0.4 is 5.32 Å². The molecule has 2 aromatic rings. The van der Waals surface area contributed by atoms with Crippen molar-refractivity contribution in [1.82, 2.24) is 24.5 Å². The lowest BCUT2D eigenvalue weighted by molar-refractivity contribution is -0.173. The molecule has 1 fully saturated rings. The summed E-state index contributed by atoms with van der Waals surface area (Å²) in [6.07, 6.45) is 1.48. The average molecular weight is 424 g/mol. The lowest BCUT2D eigenvalue weighted by Crippen LogP contribution is -2.39. The fourth-order valence-electron chi connectivity index (χ4n) is 4.48. The molecule has 1 N–H and O–H groups in total. The highest BCUT2D eigenvalue weighted by atomic mass is 19.4. The van der Waals surface area contributed by atoms with Gasteiger partial charge < -0.3 is 10.2 Å². The van der Waals surface area contributed by atoms with Gasteiger partial charge in [-0.3, -0.25) is 9.48 Å². The number of alkyl halides is 3. The molecule has 0 aromatic carbocycles. The third-order valence-corrected chi connectivity index (χ3v) is 6.14. The molecule has 2 aliphatic heterocycles. The van der Waals surface area contributed by atoms with Crippen molar-refractivity contribution < 1.29 is 18.0 Å². The van der Waals surface area contributed by atoms with E-state index in [9.17, 15) is 18.0 Å². The molecule has 1 amide bonds. The fraction of sp³-hybridized carbons (Fsp3) is 0.650. The number of halogens is 3. The largest absolute Gasteiger partial charge is 0.410 e. The molecule has 2 unspecified atom stereocenters. The number of hydrogen-bond donors (Lipinski definition) is 1. The van der Waals surface area contributed by atoms with Crippen molar-refractivity contribution in [3.63, 3.8) is 0 Å². The minimum atomic E-state index is -4.36. The summed E-state index contributed by atoms with van der Waals surface area (Å²) in [6.45, 7) is 4.38. The van der Waals surface area contributed by atoms with Crippen LogP contribution in [0, 0.1) is 0 Å². The first-order valence-corrected chi connectivity index (χ1v) is 10.5. The molecule has 7 nitrogen and oxygen atoms in total. The Labute approximate surface area is 173 Å². The van der Waals surface area contributed by atoms with Gasteiger partial charge in [0.2, 0.25) is 5.91 Å². The van der Waals surface area contributed by atoms with Crippen molar-refractivity contribution in [1.29, 1.82) is 0 Å². The number of amides is 1. The number of anilines is 1. The van der Waals surface area contributed by atoms with Crippen LogP contribution in [0.5, 0.6) is 0 Å². The number of nitrogens with zero attached hydrogens (tertiary/aromatic N) is 5. The van der Waals surface area contributed by atoms with Gasteiger partial charge in [-0.25, -0.2) is 4.68 Å². The van der Waals surface area contributed by atoms with Crippen LogP contribution in [0.1, 0.15) is 69.8 Å². The summed E-state index contributed by atoms with van der Waals surface area (Å²) >= 11 is 0. The molecule has 4 heterocycles. The second kappa shape index (κ2) is 7.96. The van der Waals surface area contributed by atoms with Gasteiger partial charge in [0.1, 0.15) is 5.82 Å². The lowest BCUT2D eigenvalue weighted by atomic mass is 10.0. The van der Waals surface area contributed by atoms with Crippen LogP contribution in [0.25, 0.3) is 0 Å². The molecule has 164 valence electrons. The van der Waals surface area contributed by atoms with E-state index >= 15 is 0 Å². The average Bonchev–Trinajstić information content (AvgIpc) is 3.45. The Morgan fingerprint density at radius 3 is 2.87 bits per heavy atom. The number of rotatable bonds is 5. The number of likely N-dealkylation sites (tertiary alicyclic amines) is 1. The first kappa shape index (κ1) is 20.7. The van der Waals surface area contributed by atoms with E-state index in [2.05, 4.69) is 15.5 Å². The van der Waals surface area contributed by atoms with E-state index in [1.54, 1.807) is 21.8 Å². The highest BCUT2D eigenvalue weighted by Crippen LogP contribution is 2.42. The Kier molecular flexibility index (Phi) is 5.50. The van der Waals surface area contributed by atoms with Gasteiger partial charge in [0.05, 0.1) is 17.8 Å². The highest BCUT2D eigenvalue weighted by Gasteiger charge is 2.46. The van der Waals surface area contributed by atoms with Crippen molar-refractivity contribution in [2.75, 3.05) is 11.9 Å². The molecule has 2 aliphatic rings. The zero-order chi connectivity index (χ0) is 21.5. The Morgan fingerprint density at radius 1 is 1.40 bits per heavy atom. The van der Waals surface area contributed by atoms with Crippen molar-refractivity contribution >= 4 is 11.7 Å². The van der Waals surface area contributed by atoms with E-state index in [0.29, 0.717) is 30.9 Å². The van der Waals surface area contributed by atoms with Crippen LogP contribution >= 0.6 is 0 Å². The monoisotopic (exact) mass is 424 g/mol. The topological polar surface area (TPSA) is 68.0 Å². The first-order chi connectivity index (χ1) is 14.3. The molecule has 10 heteroatoms. The molecule has 0 radical (unpaired) electrons. The minimum Gasteiger partial charge on any atom is -0.367 e. The molecule has 2 aromatic heterocycles. The van der Waals surface area contributed by atoms with Gasteiger partial charge in [-0.2, -0.15) is 23.4 Å². The Bertz CT molecular complexity index is 878. The van der Waals surface area contributed by atoms with Crippen LogP contribution in [0.3, 0.4) is 0 Å². The fourth-order valence-corrected chi connectivity index (χ4v) is 4.48. The van der Waals surface area contributed by atoms with Gasteiger partial charge in [0.15, 0.2) is 6.04 Å². The van der Waals surface area contributed by atoms with Gasteiger partial charge in [0, 0.05) is 37.5 Å². The lowest BCUT2D eigenvalue weighted by Gasteiger charge is -2.32. The maximum Gasteiger partial charge on any atom is 0.410 e. The van der Waals surface area contributed by atoms with Crippen molar-refractivity contribution in [2.45, 2.75) is 76.3 Å². The maximum absolute atomic E-state index is 13.6. The first-order valence-electron chi connectivity index (χ1n) is 10.5. The maximum atomic E-state index is 13.6. The van der Waals surface area contributed by atoms with E-state index < -0.39 is 12.2 Å². The van der Waals surface area contributed by atoms with Gasteiger partial charge in [-0.1, -0.05) is 6.92 Å². The van der Waals surface area contributed by atoms with Crippen LogP contribution in [-0.4, -0.2) is 49.1 Å². The van der Waals surface area contributed by atoms with E-state index in [1.165, 1.54) is 0 Å². The molecular formula is C20H27F3N6O. The SMILES string of the molecule is CC[C@@H]1C[C@H](C(F)(F)F)n2nc(C3CCCN3C(=O)CC(C)n3cccn3)cc2N1. The molecule has 0 spiro atoms. The summed E-state index contributed by atoms with van der Waals surface area (Å²) in [4.78, 5) is 14.7. The number of carbonyl (C=O) groups is 1. The second-order valence-electron chi connectivity index (χ2n) is 8.23. The van der Waals surface area contributed by atoms with Crippen molar-refractivity contribution in [3.05, 3.63) is 30.2 Å². The quantitative estimate of drug-likeness (QED) is 0.785. The zero-order valence-electron chi connectivity index (χ0n) is 17.1. The van der Waals surface area contributed by atoms with Gasteiger partial charge in [-0.15, -0.1) is 0 Å². The molecular weight excluding hydrogens is 397 g/mol. The normalized spacial score (nSPS) is 25.1. The Morgan fingerprint density at radius 2 is 2.20 bits per heavy atom. The van der Waals surface area contributed by atoms with Crippen LogP contribution in [0.4, 0.5) is 19.0 Å². The minimum absolute atomic E-state index is 0.0294. The molecule has 0 aliphatic carbocycles.